The van der Waals surface area contributed by atoms with Gasteiger partial charge in [0.1, 0.15) is 5.75 Å². The molecular formula is C17H21N3O2. The van der Waals surface area contributed by atoms with Gasteiger partial charge in [0.15, 0.2) is 0 Å². The molecule has 3 N–H and O–H groups in total. The van der Waals surface area contributed by atoms with Gasteiger partial charge in [-0.2, -0.15) is 0 Å². The summed E-state index contributed by atoms with van der Waals surface area (Å²) >= 11 is 0. The Morgan fingerprint density at radius 2 is 1.86 bits per heavy atom. The summed E-state index contributed by atoms with van der Waals surface area (Å²) in [6, 6.07) is 13.0. The Labute approximate surface area is 130 Å². The average Bonchev–Trinajstić information content (AvgIpc) is 2.52. The summed E-state index contributed by atoms with van der Waals surface area (Å²) in [4.78, 5) is 14.2. The number of hydrogen-bond donors (Lipinski definition) is 2. The Morgan fingerprint density at radius 1 is 1.18 bits per heavy atom. The summed E-state index contributed by atoms with van der Waals surface area (Å²) in [5.41, 5.74) is 8.88. The average molecular weight is 299 g/mol. The van der Waals surface area contributed by atoms with Crippen LogP contribution in [-0.4, -0.2) is 27.1 Å². The molecule has 5 heteroatoms. The van der Waals surface area contributed by atoms with Crippen LogP contribution in [0.2, 0.25) is 0 Å². The molecule has 0 fully saturated rings. The Bertz CT molecular complexity index is 651. The molecule has 0 atom stereocenters. The topological polar surface area (TPSA) is 67.6 Å². The van der Waals surface area contributed by atoms with Gasteiger partial charge in [-0.05, 0) is 29.8 Å². The number of ether oxygens (including phenoxy) is 1. The van der Waals surface area contributed by atoms with E-state index in [9.17, 15) is 4.79 Å². The summed E-state index contributed by atoms with van der Waals surface area (Å²) in [5, 5.41) is 2.87. The highest BCUT2D eigenvalue weighted by Gasteiger charge is 2.10. The van der Waals surface area contributed by atoms with Gasteiger partial charge in [0.2, 0.25) is 0 Å². The van der Waals surface area contributed by atoms with Gasteiger partial charge in [-0.15, -0.1) is 0 Å². The number of benzene rings is 2. The second-order valence-corrected chi connectivity index (χ2v) is 5.20. The van der Waals surface area contributed by atoms with E-state index in [1.807, 2.05) is 43.3 Å². The van der Waals surface area contributed by atoms with E-state index < -0.39 is 0 Å². The molecule has 0 aromatic heterocycles. The van der Waals surface area contributed by atoms with Crippen molar-refractivity contribution in [1.29, 1.82) is 0 Å². The van der Waals surface area contributed by atoms with Crippen molar-refractivity contribution in [2.45, 2.75) is 6.54 Å². The molecule has 1 amide bonds. The first-order chi connectivity index (χ1) is 10.5. The molecule has 0 aliphatic carbocycles. The molecule has 0 unspecified atom stereocenters. The normalized spacial score (nSPS) is 10.1. The van der Waals surface area contributed by atoms with Gasteiger partial charge in [-0.25, -0.2) is 0 Å². The summed E-state index contributed by atoms with van der Waals surface area (Å²) < 4.78 is 5.07. The first kappa shape index (κ1) is 15.7. The summed E-state index contributed by atoms with van der Waals surface area (Å²) in [7, 11) is 5.54. The van der Waals surface area contributed by atoms with Gasteiger partial charge in [0.25, 0.3) is 5.91 Å². The lowest BCUT2D eigenvalue weighted by molar-refractivity contribution is 0.0952. The van der Waals surface area contributed by atoms with Crippen LogP contribution in [0, 0.1) is 0 Å². The third kappa shape index (κ3) is 3.69. The number of nitrogens with two attached hydrogens (primary N) is 1. The molecule has 5 nitrogen and oxygen atoms in total. The van der Waals surface area contributed by atoms with Gasteiger partial charge in [0.05, 0.1) is 12.7 Å². The zero-order valence-corrected chi connectivity index (χ0v) is 13.1. The van der Waals surface area contributed by atoms with Crippen LogP contribution in [0.5, 0.6) is 5.75 Å². The van der Waals surface area contributed by atoms with Crippen LogP contribution in [0.3, 0.4) is 0 Å². The number of hydrogen-bond acceptors (Lipinski definition) is 4. The number of carbonyl (C=O) groups excluding carboxylic acids is 1. The predicted molar refractivity (Wildman–Crippen MR) is 89.3 cm³/mol. The van der Waals surface area contributed by atoms with E-state index in [1.54, 1.807) is 25.3 Å². The molecule has 2 aromatic rings. The molecule has 2 aromatic carbocycles. The van der Waals surface area contributed by atoms with E-state index in [1.165, 1.54) is 0 Å². The van der Waals surface area contributed by atoms with Crippen molar-refractivity contribution >= 4 is 17.3 Å². The largest absolute Gasteiger partial charge is 0.497 e. The lowest BCUT2D eigenvalue weighted by Gasteiger charge is -2.13. The fraction of sp³-hybridized carbons (Fsp3) is 0.235. The number of anilines is 2. The van der Waals surface area contributed by atoms with Gasteiger partial charge >= 0.3 is 0 Å². The third-order valence-electron chi connectivity index (χ3n) is 3.41. The molecular weight excluding hydrogens is 278 g/mol. The van der Waals surface area contributed by atoms with E-state index >= 15 is 0 Å². The Morgan fingerprint density at radius 3 is 2.41 bits per heavy atom. The van der Waals surface area contributed by atoms with Gasteiger partial charge in [0, 0.05) is 38.1 Å². The number of nitrogen functional groups attached to an aromatic ring is 1. The third-order valence-corrected chi connectivity index (χ3v) is 3.41. The van der Waals surface area contributed by atoms with Crippen LogP contribution in [0.4, 0.5) is 11.4 Å². The molecule has 0 aliphatic rings. The second-order valence-electron chi connectivity index (χ2n) is 5.20. The number of amides is 1. The van der Waals surface area contributed by atoms with Crippen molar-refractivity contribution in [3.05, 3.63) is 53.6 Å². The van der Waals surface area contributed by atoms with Crippen LogP contribution >= 0.6 is 0 Å². The number of methoxy groups -OCH3 is 1. The fourth-order valence-corrected chi connectivity index (χ4v) is 2.06. The summed E-state index contributed by atoms with van der Waals surface area (Å²) in [5.74, 6) is 0.435. The standard InChI is InChI=1S/C17H21N3O2/c1-20(2)13-6-4-12(5-7-13)11-19-17(21)15-9-8-14(22-3)10-16(15)18/h4-10H,11,18H2,1-3H3,(H,19,21). The Hall–Kier alpha value is -2.69. The molecule has 0 radical (unpaired) electrons. The van der Waals surface area contributed by atoms with E-state index in [4.69, 9.17) is 10.5 Å². The number of rotatable bonds is 5. The van der Waals surface area contributed by atoms with E-state index in [2.05, 4.69) is 5.32 Å². The van der Waals surface area contributed by atoms with Crippen LogP contribution in [0.15, 0.2) is 42.5 Å². The minimum absolute atomic E-state index is 0.197. The maximum atomic E-state index is 12.2. The van der Waals surface area contributed by atoms with E-state index in [-0.39, 0.29) is 5.91 Å². The highest BCUT2D eigenvalue weighted by atomic mass is 16.5. The minimum Gasteiger partial charge on any atom is -0.497 e. The van der Waals surface area contributed by atoms with Crippen molar-refractivity contribution in [3.63, 3.8) is 0 Å². The number of carbonyl (C=O) groups is 1. The maximum absolute atomic E-state index is 12.2. The first-order valence-corrected chi connectivity index (χ1v) is 6.99. The smallest absolute Gasteiger partial charge is 0.253 e. The summed E-state index contributed by atoms with van der Waals surface area (Å²) in [6.45, 7) is 0.456. The molecule has 116 valence electrons. The minimum atomic E-state index is -0.197. The molecule has 0 bridgehead atoms. The molecule has 0 spiro atoms. The fourth-order valence-electron chi connectivity index (χ4n) is 2.06. The SMILES string of the molecule is COc1ccc(C(=O)NCc2ccc(N(C)C)cc2)c(N)c1. The number of nitrogens with zero attached hydrogens (tertiary/aromatic N) is 1. The van der Waals surface area contributed by atoms with Crippen LogP contribution in [0.1, 0.15) is 15.9 Å². The highest BCUT2D eigenvalue weighted by molar-refractivity contribution is 5.99. The lowest BCUT2D eigenvalue weighted by atomic mass is 10.1. The number of nitrogens with one attached hydrogen (secondary N) is 1. The Balaban J connectivity index is 2.00. The Kier molecular flexibility index (Phi) is 4.88. The quantitative estimate of drug-likeness (QED) is 0.831. The highest BCUT2D eigenvalue weighted by Crippen LogP contribution is 2.19. The van der Waals surface area contributed by atoms with Crippen LogP contribution in [0.25, 0.3) is 0 Å². The molecule has 0 saturated heterocycles. The van der Waals surface area contributed by atoms with Gasteiger partial charge in [-0.3, -0.25) is 4.79 Å². The molecule has 2 rings (SSSR count). The molecule has 0 aliphatic heterocycles. The molecule has 0 saturated carbocycles. The molecule has 22 heavy (non-hydrogen) atoms. The van der Waals surface area contributed by atoms with E-state index in [0.29, 0.717) is 23.5 Å². The summed E-state index contributed by atoms with van der Waals surface area (Å²) in [6.07, 6.45) is 0. The maximum Gasteiger partial charge on any atom is 0.253 e. The second kappa shape index (κ2) is 6.85. The zero-order valence-electron chi connectivity index (χ0n) is 13.1. The first-order valence-electron chi connectivity index (χ1n) is 6.99. The zero-order chi connectivity index (χ0) is 16.1. The monoisotopic (exact) mass is 299 g/mol. The predicted octanol–water partition coefficient (Wildman–Crippen LogP) is 2.27. The van der Waals surface area contributed by atoms with Crippen LogP contribution in [-0.2, 0) is 6.54 Å². The van der Waals surface area contributed by atoms with Crippen molar-refractivity contribution in [2.75, 3.05) is 31.8 Å². The van der Waals surface area contributed by atoms with Crippen molar-refractivity contribution in [2.24, 2.45) is 0 Å². The van der Waals surface area contributed by atoms with Crippen molar-refractivity contribution < 1.29 is 9.53 Å². The van der Waals surface area contributed by atoms with Gasteiger partial charge < -0.3 is 20.7 Å². The van der Waals surface area contributed by atoms with Gasteiger partial charge in [-0.1, -0.05) is 12.1 Å². The van der Waals surface area contributed by atoms with E-state index in [0.717, 1.165) is 11.3 Å². The van der Waals surface area contributed by atoms with Crippen molar-refractivity contribution in [3.8, 4) is 5.75 Å². The lowest BCUT2D eigenvalue weighted by Crippen LogP contribution is -2.23. The van der Waals surface area contributed by atoms with Crippen LogP contribution < -0.4 is 20.7 Å². The van der Waals surface area contributed by atoms with Crippen molar-refractivity contribution in [1.82, 2.24) is 5.32 Å². The molecule has 0 heterocycles.